The number of carbonyl (C=O) groups excluding carboxylic acids is 1. The van der Waals surface area contributed by atoms with Crippen LogP contribution in [-0.4, -0.2) is 16.2 Å². The van der Waals surface area contributed by atoms with Gasteiger partial charge >= 0.3 is 5.97 Å². The van der Waals surface area contributed by atoms with Crippen LogP contribution in [0, 0.1) is 13.8 Å². The van der Waals surface area contributed by atoms with E-state index >= 15 is 0 Å². The van der Waals surface area contributed by atoms with Gasteiger partial charge in [-0.3, -0.25) is 0 Å². The Kier molecular flexibility index (Phi) is 4.42. The SMILES string of the molecule is Cc1ccc(C(=O)O[C@@H](C)c2nnc(-c3ccccc3)o2)c(C)c1. The first-order valence-corrected chi connectivity index (χ1v) is 7.71. The van der Waals surface area contributed by atoms with Gasteiger partial charge in [-0.25, -0.2) is 4.79 Å². The largest absolute Gasteiger partial charge is 0.449 e. The lowest BCUT2D eigenvalue weighted by Gasteiger charge is -2.11. The van der Waals surface area contributed by atoms with E-state index in [-0.39, 0.29) is 5.89 Å². The summed E-state index contributed by atoms with van der Waals surface area (Å²) in [5, 5.41) is 7.99. The average molecular weight is 322 g/mol. The third-order valence-electron chi connectivity index (χ3n) is 3.69. The van der Waals surface area contributed by atoms with Gasteiger partial charge in [-0.1, -0.05) is 35.9 Å². The molecule has 0 N–H and O–H groups in total. The molecule has 0 aliphatic carbocycles. The van der Waals surface area contributed by atoms with Crippen LogP contribution in [-0.2, 0) is 4.74 Å². The molecular formula is C19H18N2O3. The van der Waals surface area contributed by atoms with Crippen molar-refractivity contribution < 1.29 is 13.9 Å². The molecule has 0 amide bonds. The number of nitrogens with zero attached hydrogens (tertiary/aromatic N) is 2. The molecule has 122 valence electrons. The number of aryl methyl sites for hydroxylation is 2. The fraction of sp³-hybridized carbons (Fsp3) is 0.211. The van der Waals surface area contributed by atoms with E-state index in [0.717, 1.165) is 16.7 Å². The van der Waals surface area contributed by atoms with Gasteiger partial charge in [-0.2, -0.15) is 0 Å². The fourth-order valence-electron chi connectivity index (χ4n) is 2.41. The van der Waals surface area contributed by atoms with E-state index in [4.69, 9.17) is 9.15 Å². The van der Waals surface area contributed by atoms with E-state index in [0.29, 0.717) is 11.5 Å². The van der Waals surface area contributed by atoms with Crippen LogP contribution in [0.4, 0.5) is 0 Å². The molecule has 0 saturated carbocycles. The molecule has 2 aromatic carbocycles. The molecule has 3 rings (SSSR count). The first kappa shape index (κ1) is 15.9. The lowest BCUT2D eigenvalue weighted by Crippen LogP contribution is -2.11. The third kappa shape index (κ3) is 3.35. The van der Waals surface area contributed by atoms with Crippen LogP contribution in [0.15, 0.2) is 52.9 Å². The number of aromatic nitrogens is 2. The number of esters is 1. The summed E-state index contributed by atoms with van der Waals surface area (Å²) in [5.74, 6) is 0.270. The number of benzene rings is 2. The molecule has 0 fully saturated rings. The maximum Gasteiger partial charge on any atom is 0.339 e. The molecule has 1 aromatic heterocycles. The predicted octanol–water partition coefficient (Wildman–Crippen LogP) is 4.27. The zero-order chi connectivity index (χ0) is 17.1. The van der Waals surface area contributed by atoms with Gasteiger partial charge < -0.3 is 9.15 Å². The standard InChI is InChI=1S/C19H18N2O3/c1-12-9-10-16(13(2)11-12)19(22)23-14(3)17-20-21-18(24-17)15-7-5-4-6-8-15/h4-11,14H,1-3H3/t14-/m0/s1. The van der Waals surface area contributed by atoms with Crippen molar-refractivity contribution in [3.63, 3.8) is 0 Å². The van der Waals surface area contributed by atoms with E-state index < -0.39 is 12.1 Å². The van der Waals surface area contributed by atoms with Crippen molar-refractivity contribution in [1.82, 2.24) is 10.2 Å². The zero-order valence-corrected chi connectivity index (χ0v) is 13.8. The molecule has 24 heavy (non-hydrogen) atoms. The van der Waals surface area contributed by atoms with Crippen molar-refractivity contribution in [2.24, 2.45) is 0 Å². The number of rotatable bonds is 4. The Hall–Kier alpha value is -2.95. The van der Waals surface area contributed by atoms with E-state index in [1.165, 1.54) is 0 Å². The first-order valence-electron chi connectivity index (χ1n) is 7.71. The number of ether oxygens (including phenoxy) is 1. The second kappa shape index (κ2) is 6.66. The lowest BCUT2D eigenvalue weighted by atomic mass is 10.1. The highest BCUT2D eigenvalue weighted by molar-refractivity contribution is 5.91. The normalized spacial score (nSPS) is 12.0. The summed E-state index contributed by atoms with van der Waals surface area (Å²) in [4.78, 5) is 12.3. The summed E-state index contributed by atoms with van der Waals surface area (Å²) >= 11 is 0. The van der Waals surface area contributed by atoms with Crippen LogP contribution in [0.3, 0.4) is 0 Å². The van der Waals surface area contributed by atoms with Gasteiger partial charge in [0.15, 0.2) is 6.10 Å². The van der Waals surface area contributed by atoms with Crippen molar-refractivity contribution in [3.05, 3.63) is 71.1 Å². The Bertz CT molecular complexity index is 856. The quantitative estimate of drug-likeness (QED) is 0.671. The van der Waals surface area contributed by atoms with Gasteiger partial charge in [0.05, 0.1) is 5.56 Å². The van der Waals surface area contributed by atoms with Crippen molar-refractivity contribution in [2.45, 2.75) is 26.9 Å². The van der Waals surface area contributed by atoms with Gasteiger partial charge in [-0.15, -0.1) is 10.2 Å². The minimum absolute atomic E-state index is 0.270. The maximum absolute atomic E-state index is 12.3. The zero-order valence-electron chi connectivity index (χ0n) is 13.8. The van der Waals surface area contributed by atoms with Gasteiger partial charge in [-0.05, 0) is 44.5 Å². The van der Waals surface area contributed by atoms with E-state index in [2.05, 4.69) is 10.2 Å². The molecule has 0 radical (unpaired) electrons. The Balaban J connectivity index is 1.74. The molecule has 5 heteroatoms. The van der Waals surface area contributed by atoms with Gasteiger partial charge in [0.1, 0.15) is 0 Å². The monoisotopic (exact) mass is 322 g/mol. The summed E-state index contributed by atoms with van der Waals surface area (Å²) in [5.41, 5.74) is 3.34. The van der Waals surface area contributed by atoms with Gasteiger partial charge in [0, 0.05) is 5.56 Å². The van der Waals surface area contributed by atoms with Crippen LogP contribution in [0.1, 0.15) is 40.4 Å². The van der Waals surface area contributed by atoms with Crippen LogP contribution < -0.4 is 0 Å². The van der Waals surface area contributed by atoms with E-state index in [1.54, 1.807) is 13.0 Å². The molecular weight excluding hydrogens is 304 g/mol. The summed E-state index contributed by atoms with van der Waals surface area (Å²) in [7, 11) is 0. The summed E-state index contributed by atoms with van der Waals surface area (Å²) in [6, 6.07) is 15.0. The molecule has 5 nitrogen and oxygen atoms in total. The highest BCUT2D eigenvalue weighted by Crippen LogP contribution is 2.23. The number of hydrogen-bond donors (Lipinski definition) is 0. The van der Waals surface area contributed by atoms with Crippen molar-refractivity contribution >= 4 is 5.97 Å². The summed E-state index contributed by atoms with van der Waals surface area (Å²) < 4.78 is 11.1. The Labute approximate surface area is 140 Å². The minimum Gasteiger partial charge on any atom is -0.449 e. The van der Waals surface area contributed by atoms with Crippen LogP contribution >= 0.6 is 0 Å². The van der Waals surface area contributed by atoms with Crippen LogP contribution in [0.25, 0.3) is 11.5 Å². The van der Waals surface area contributed by atoms with E-state index in [9.17, 15) is 4.79 Å². The first-order chi connectivity index (χ1) is 11.5. The average Bonchev–Trinajstić information content (AvgIpc) is 3.05. The minimum atomic E-state index is -0.622. The highest BCUT2D eigenvalue weighted by atomic mass is 16.6. The molecule has 3 aromatic rings. The molecule has 0 bridgehead atoms. The van der Waals surface area contributed by atoms with Gasteiger partial charge in [0.2, 0.25) is 5.89 Å². The second-order valence-electron chi connectivity index (χ2n) is 5.68. The topological polar surface area (TPSA) is 65.2 Å². The Morgan fingerprint density at radius 1 is 1.08 bits per heavy atom. The predicted molar refractivity (Wildman–Crippen MR) is 89.5 cm³/mol. The van der Waals surface area contributed by atoms with E-state index in [1.807, 2.05) is 56.3 Å². The molecule has 0 unspecified atom stereocenters. The summed E-state index contributed by atoms with van der Waals surface area (Å²) in [6.07, 6.45) is -0.622. The van der Waals surface area contributed by atoms with Crippen molar-refractivity contribution in [2.75, 3.05) is 0 Å². The van der Waals surface area contributed by atoms with Gasteiger partial charge in [0.25, 0.3) is 5.89 Å². The van der Waals surface area contributed by atoms with Crippen molar-refractivity contribution in [1.29, 1.82) is 0 Å². The van der Waals surface area contributed by atoms with Crippen LogP contribution in [0.5, 0.6) is 0 Å². The molecule has 1 atom stereocenters. The molecule has 0 spiro atoms. The van der Waals surface area contributed by atoms with Crippen molar-refractivity contribution in [3.8, 4) is 11.5 Å². The summed E-state index contributed by atoms with van der Waals surface area (Å²) in [6.45, 7) is 5.58. The third-order valence-corrected chi connectivity index (χ3v) is 3.69. The Morgan fingerprint density at radius 3 is 2.54 bits per heavy atom. The number of carbonyl (C=O) groups is 1. The lowest BCUT2D eigenvalue weighted by molar-refractivity contribution is 0.0279. The molecule has 0 aliphatic heterocycles. The van der Waals surface area contributed by atoms with Crippen LogP contribution in [0.2, 0.25) is 0 Å². The second-order valence-corrected chi connectivity index (χ2v) is 5.68. The maximum atomic E-state index is 12.3. The fourth-order valence-corrected chi connectivity index (χ4v) is 2.41. The molecule has 0 aliphatic rings. The highest BCUT2D eigenvalue weighted by Gasteiger charge is 2.20. The smallest absolute Gasteiger partial charge is 0.339 e. The Morgan fingerprint density at radius 2 is 1.83 bits per heavy atom. The number of hydrogen-bond acceptors (Lipinski definition) is 5. The molecule has 0 saturated heterocycles. The molecule has 1 heterocycles.